The number of amides is 2. The Hall–Kier alpha value is -2.87. The third kappa shape index (κ3) is 6.56. The first kappa shape index (κ1) is 25.4. The third-order valence-electron chi connectivity index (χ3n) is 5.42. The number of likely N-dealkylation sites (N-methyl/N-ethyl adjacent to an activating group) is 1. The van der Waals surface area contributed by atoms with E-state index in [1.165, 1.54) is 11.9 Å². The number of benzene rings is 2. The Morgan fingerprint density at radius 2 is 1.53 bits per heavy atom. The van der Waals surface area contributed by atoms with E-state index in [0.29, 0.717) is 12.1 Å². The molecule has 0 fully saturated rings. The first-order valence-corrected chi connectivity index (χ1v) is 12.6. The maximum absolute atomic E-state index is 13.4. The molecule has 0 aliphatic rings. The van der Waals surface area contributed by atoms with Crippen LogP contribution in [0.1, 0.15) is 37.0 Å². The van der Waals surface area contributed by atoms with Gasteiger partial charge in [0.1, 0.15) is 12.6 Å². The van der Waals surface area contributed by atoms with Gasteiger partial charge in [0, 0.05) is 13.6 Å². The fourth-order valence-electron chi connectivity index (χ4n) is 3.49. The van der Waals surface area contributed by atoms with E-state index in [0.717, 1.165) is 33.7 Å². The topological polar surface area (TPSA) is 86.8 Å². The van der Waals surface area contributed by atoms with E-state index in [-0.39, 0.29) is 19.0 Å². The fraction of sp³-hybridized carbons (Fsp3) is 0.417. The summed E-state index contributed by atoms with van der Waals surface area (Å²) in [5.74, 6) is -0.725. The van der Waals surface area contributed by atoms with E-state index < -0.39 is 22.0 Å². The SMILES string of the molecule is CCc1ccc(N(CC(=O)N(Cc2ccc(C)cc2)C(CC)C(=O)NC)S(C)(=O)=O)cc1. The van der Waals surface area contributed by atoms with Crippen molar-refractivity contribution in [1.29, 1.82) is 0 Å². The Bertz CT molecular complexity index is 1020. The molecule has 0 saturated carbocycles. The monoisotopic (exact) mass is 459 g/mol. The number of hydrogen-bond acceptors (Lipinski definition) is 4. The highest BCUT2D eigenvalue weighted by atomic mass is 32.2. The predicted octanol–water partition coefficient (Wildman–Crippen LogP) is 2.88. The van der Waals surface area contributed by atoms with Gasteiger partial charge in [0.25, 0.3) is 0 Å². The molecule has 32 heavy (non-hydrogen) atoms. The van der Waals surface area contributed by atoms with E-state index >= 15 is 0 Å². The summed E-state index contributed by atoms with van der Waals surface area (Å²) in [6.07, 6.45) is 2.31. The minimum Gasteiger partial charge on any atom is -0.357 e. The summed E-state index contributed by atoms with van der Waals surface area (Å²) in [5.41, 5.74) is 3.44. The van der Waals surface area contributed by atoms with Crippen LogP contribution in [0, 0.1) is 6.92 Å². The molecule has 0 aliphatic heterocycles. The molecule has 1 N–H and O–H groups in total. The van der Waals surface area contributed by atoms with Crippen molar-refractivity contribution in [3.63, 3.8) is 0 Å². The fourth-order valence-corrected chi connectivity index (χ4v) is 4.34. The van der Waals surface area contributed by atoms with Crippen LogP contribution in [0.2, 0.25) is 0 Å². The number of nitrogens with one attached hydrogen (secondary N) is 1. The van der Waals surface area contributed by atoms with Crippen molar-refractivity contribution in [3.05, 3.63) is 65.2 Å². The minimum atomic E-state index is -3.72. The van der Waals surface area contributed by atoms with E-state index in [1.807, 2.05) is 57.2 Å². The van der Waals surface area contributed by atoms with E-state index in [9.17, 15) is 18.0 Å². The molecule has 0 spiro atoms. The highest BCUT2D eigenvalue weighted by Gasteiger charge is 2.31. The lowest BCUT2D eigenvalue weighted by Crippen LogP contribution is -2.51. The predicted molar refractivity (Wildman–Crippen MR) is 128 cm³/mol. The molecule has 1 unspecified atom stereocenters. The number of sulfonamides is 1. The van der Waals surface area contributed by atoms with Gasteiger partial charge in [-0.25, -0.2) is 8.42 Å². The summed E-state index contributed by atoms with van der Waals surface area (Å²) in [6.45, 7) is 5.63. The van der Waals surface area contributed by atoms with Crippen LogP contribution in [0.15, 0.2) is 48.5 Å². The van der Waals surface area contributed by atoms with Crippen LogP contribution in [0.25, 0.3) is 0 Å². The van der Waals surface area contributed by atoms with Crippen molar-refractivity contribution in [1.82, 2.24) is 10.2 Å². The summed E-state index contributed by atoms with van der Waals surface area (Å²) < 4.78 is 26.2. The molecule has 7 nitrogen and oxygen atoms in total. The first-order chi connectivity index (χ1) is 15.1. The second kappa shape index (κ2) is 11.1. The summed E-state index contributed by atoms with van der Waals surface area (Å²) in [7, 11) is -2.19. The van der Waals surface area contributed by atoms with Crippen molar-refractivity contribution < 1.29 is 18.0 Å². The molecule has 0 aliphatic carbocycles. The molecular weight excluding hydrogens is 426 g/mol. The normalized spacial score (nSPS) is 12.2. The van der Waals surface area contributed by atoms with Crippen molar-refractivity contribution in [2.75, 3.05) is 24.2 Å². The van der Waals surface area contributed by atoms with Crippen LogP contribution >= 0.6 is 0 Å². The molecule has 2 aromatic carbocycles. The van der Waals surface area contributed by atoms with Crippen molar-refractivity contribution in [2.45, 2.75) is 46.2 Å². The van der Waals surface area contributed by atoms with Crippen molar-refractivity contribution in [3.8, 4) is 0 Å². The first-order valence-electron chi connectivity index (χ1n) is 10.7. The van der Waals surface area contributed by atoms with Crippen molar-refractivity contribution in [2.24, 2.45) is 0 Å². The smallest absolute Gasteiger partial charge is 0.244 e. The van der Waals surface area contributed by atoms with Crippen LogP contribution in [0.4, 0.5) is 5.69 Å². The maximum atomic E-state index is 13.4. The largest absolute Gasteiger partial charge is 0.357 e. The molecule has 8 heteroatoms. The number of aryl methyl sites for hydroxylation is 2. The Balaban J connectivity index is 2.39. The second-order valence-electron chi connectivity index (χ2n) is 7.84. The number of anilines is 1. The number of nitrogens with zero attached hydrogens (tertiary/aromatic N) is 2. The lowest BCUT2D eigenvalue weighted by atomic mass is 10.1. The molecule has 0 heterocycles. The molecule has 2 amide bonds. The summed E-state index contributed by atoms with van der Waals surface area (Å²) >= 11 is 0. The van der Waals surface area contributed by atoms with Crippen LogP contribution in [-0.4, -0.2) is 51.0 Å². The number of carbonyl (C=O) groups excluding carboxylic acids is 2. The lowest BCUT2D eigenvalue weighted by Gasteiger charge is -2.32. The van der Waals surface area contributed by atoms with Gasteiger partial charge >= 0.3 is 0 Å². The molecule has 0 aromatic heterocycles. The van der Waals surface area contributed by atoms with Gasteiger partial charge in [0.2, 0.25) is 21.8 Å². The van der Waals surface area contributed by atoms with E-state index in [4.69, 9.17) is 0 Å². The molecule has 0 saturated heterocycles. The number of hydrogen-bond donors (Lipinski definition) is 1. The van der Waals surface area contributed by atoms with Gasteiger partial charge in [-0.05, 0) is 43.0 Å². The van der Waals surface area contributed by atoms with Gasteiger partial charge in [0.05, 0.1) is 11.9 Å². The molecule has 2 rings (SSSR count). The van der Waals surface area contributed by atoms with Crippen LogP contribution in [0.3, 0.4) is 0 Å². The van der Waals surface area contributed by atoms with Gasteiger partial charge in [0.15, 0.2) is 0 Å². The molecule has 1 atom stereocenters. The highest BCUT2D eigenvalue weighted by Crippen LogP contribution is 2.20. The van der Waals surface area contributed by atoms with Crippen LogP contribution in [0.5, 0.6) is 0 Å². The molecule has 0 radical (unpaired) electrons. The zero-order valence-electron chi connectivity index (χ0n) is 19.5. The van der Waals surface area contributed by atoms with E-state index in [2.05, 4.69) is 5.32 Å². The summed E-state index contributed by atoms with van der Waals surface area (Å²) in [6, 6.07) is 14.1. The van der Waals surface area contributed by atoms with E-state index in [1.54, 1.807) is 12.1 Å². The zero-order valence-corrected chi connectivity index (χ0v) is 20.3. The quantitative estimate of drug-likeness (QED) is 0.592. The Kier molecular flexibility index (Phi) is 8.83. The highest BCUT2D eigenvalue weighted by molar-refractivity contribution is 7.92. The molecule has 0 bridgehead atoms. The standard InChI is InChI=1S/C24H33N3O4S/c1-6-19-12-14-21(15-13-19)27(32(5,30)31)17-23(28)26(22(7-2)24(29)25-4)16-20-10-8-18(3)9-11-20/h8-15,22H,6-7,16-17H2,1-5H3,(H,25,29). The third-order valence-corrected chi connectivity index (χ3v) is 6.56. The van der Waals surface area contributed by atoms with Crippen LogP contribution in [-0.2, 0) is 32.6 Å². The molecule has 2 aromatic rings. The van der Waals surface area contributed by atoms with Gasteiger partial charge in [-0.1, -0.05) is 55.8 Å². The lowest BCUT2D eigenvalue weighted by molar-refractivity contribution is -0.140. The Morgan fingerprint density at radius 1 is 0.969 bits per heavy atom. The second-order valence-corrected chi connectivity index (χ2v) is 9.74. The number of carbonyl (C=O) groups is 2. The van der Waals surface area contributed by atoms with Gasteiger partial charge in [-0.15, -0.1) is 0 Å². The van der Waals surface area contributed by atoms with Crippen molar-refractivity contribution >= 4 is 27.5 Å². The van der Waals surface area contributed by atoms with Gasteiger partial charge in [-0.3, -0.25) is 13.9 Å². The summed E-state index contributed by atoms with van der Waals surface area (Å²) in [4.78, 5) is 27.4. The molecule has 174 valence electrons. The number of rotatable bonds is 10. The Morgan fingerprint density at radius 3 is 2.00 bits per heavy atom. The average molecular weight is 460 g/mol. The Labute approximate surface area is 191 Å². The summed E-state index contributed by atoms with van der Waals surface area (Å²) in [5, 5.41) is 2.61. The van der Waals surface area contributed by atoms with Gasteiger partial charge < -0.3 is 10.2 Å². The maximum Gasteiger partial charge on any atom is 0.244 e. The average Bonchev–Trinajstić information content (AvgIpc) is 2.77. The minimum absolute atomic E-state index is 0.206. The van der Waals surface area contributed by atoms with Crippen LogP contribution < -0.4 is 9.62 Å². The zero-order chi connectivity index (χ0) is 23.9. The molecular formula is C24H33N3O4S. The van der Waals surface area contributed by atoms with Gasteiger partial charge in [-0.2, -0.15) is 0 Å².